The van der Waals surface area contributed by atoms with E-state index in [1.807, 2.05) is 4.90 Å². The smallest absolute Gasteiger partial charge is 0.255 e. The number of nitrogens with one attached hydrogen (secondary N) is 1. The standard InChI is InChI=1S/C19H22FN5O2/c20-14-4-5-16(24-8-1-2-9-24)15(12-14)23-18(26)17-13-25(10-11-27-17)19-21-6-3-7-22-19/h3-7,12,17H,1-2,8-11,13H2,(H,23,26)/t17-/m1/s1. The normalized spacial score (nSPS) is 20.0. The van der Waals surface area contributed by atoms with E-state index in [-0.39, 0.29) is 11.7 Å². The summed E-state index contributed by atoms with van der Waals surface area (Å²) in [4.78, 5) is 25.3. The predicted molar refractivity (Wildman–Crippen MR) is 100 cm³/mol. The Bertz CT molecular complexity index is 798. The molecule has 2 saturated heterocycles. The molecule has 0 saturated carbocycles. The van der Waals surface area contributed by atoms with Crippen LogP contribution < -0.4 is 15.1 Å². The zero-order chi connectivity index (χ0) is 18.6. The maximum Gasteiger partial charge on any atom is 0.255 e. The molecule has 8 heteroatoms. The SMILES string of the molecule is O=C(Nc1cc(F)ccc1N1CCCC1)[C@H]1CN(c2ncccn2)CCO1. The van der Waals surface area contributed by atoms with E-state index in [1.165, 1.54) is 12.1 Å². The van der Waals surface area contributed by atoms with Gasteiger partial charge in [0.1, 0.15) is 5.82 Å². The van der Waals surface area contributed by atoms with Crippen molar-refractivity contribution >= 4 is 23.2 Å². The van der Waals surface area contributed by atoms with Crippen molar-refractivity contribution in [2.45, 2.75) is 18.9 Å². The van der Waals surface area contributed by atoms with Crippen LogP contribution in [0.15, 0.2) is 36.7 Å². The number of hydrogen-bond acceptors (Lipinski definition) is 6. The minimum atomic E-state index is -0.669. The number of morpholine rings is 1. The Morgan fingerprint density at radius 2 is 1.93 bits per heavy atom. The van der Waals surface area contributed by atoms with Gasteiger partial charge in [-0.25, -0.2) is 14.4 Å². The number of halogens is 1. The fraction of sp³-hybridized carbons (Fsp3) is 0.421. The summed E-state index contributed by atoms with van der Waals surface area (Å²) in [5.74, 6) is -0.0964. The molecular weight excluding hydrogens is 349 g/mol. The largest absolute Gasteiger partial charge is 0.370 e. The zero-order valence-corrected chi connectivity index (χ0v) is 15.0. The molecule has 27 heavy (non-hydrogen) atoms. The molecule has 4 rings (SSSR count). The second kappa shape index (κ2) is 7.87. The van der Waals surface area contributed by atoms with Gasteiger partial charge in [0.25, 0.3) is 5.91 Å². The Morgan fingerprint density at radius 3 is 2.70 bits per heavy atom. The van der Waals surface area contributed by atoms with Crippen molar-refractivity contribution in [1.29, 1.82) is 0 Å². The first-order chi connectivity index (χ1) is 13.2. The number of carbonyl (C=O) groups is 1. The van der Waals surface area contributed by atoms with Crippen molar-refractivity contribution in [2.24, 2.45) is 0 Å². The lowest BCUT2D eigenvalue weighted by Crippen LogP contribution is -2.48. The number of ether oxygens (including phenoxy) is 1. The second-order valence-electron chi connectivity index (χ2n) is 6.70. The molecule has 0 unspecified atom stereocenters. The van der Waals surface area contributed by atoms with Crippen molar-refractivity contribution in [2.75, 3.05) is 47.9 Å². The van der Waals surface area contributed by atoms with Gasteiger partial charge >= 0.3 is 0 Å². The number of carbonyl (C=O) groups excluding carboxylic acids is 1. The molecule has 1 aromatic heterocycles. The first-order valence-corrected chi connectivity index (χ1v) is 9.19. The van der Waals surface area contributed by atoms with Gasteiger partial charge in [0.2, 0.25) is 5.95 Å². The highest BCUT2D eigenvalue weighted by molar-refractivity contribution is 5.97. The third-order valence-electron chi connectivity index (χ3n) is 4.86. The van der Waals surface area contributed by atoms with Crippen molar-refractivity contribution in [3.8, 4) is 0 Å². The number of aromatic nitrogens is 2. The van der Waals surface area contributed by atoms with Gasteiger partial charge in [0.05, 0.1) is 24.5 Å². The fourth-order valence-corrected chi connectivity index (χ4v) is 3.50. The quantitative estimate of drug-likeness (QED) is 0.887. The van der Waals surface area contributed by atoms with Crippen LogP contribution in [0.1, 0.15) is 12.8 Å². The Balaban J connectivity index is 1.48. The monoisotopic (exact) mass is 371 g/mol. The van der Waals surface area contributed by atoms with Crippen LogP contribution in [-0.4, -0.2) is 54.8 Å². The fourth-order valence-electron chi connectivity index (χ4n) is 3.50. The van der Waals surface area contributed by atoms with Crippen LogP contribution >= 0.6 is 0 Å². The Labute approximate surface area is 157 Å². The summed E-state index contributed by atoms with van der Waals surface area (Å²) in [7, 11) is 0. The summed E-state index contributed by atoms with van der Waals surface area (Å²) in [6.07, 6.45) is 4.87. The number of rotatable bonds is 4. The molecule has 0 spiro atoms. The lowest BCUT2D eigenvalue weighted by atomic mass is 10.2. The highest BCUT2D eigenvalue weighted by Crippen LogP contribution is 2.30. The molecule has 2 fully saturated rings. The molecule has 1 atom stereocenters. The maximum atomic E-state index is 13.8. The van der Waals surface area contributed by atoms with Crippen molar-refractivity contribution in [3.05, 3.63) is 42.5 Å². The van der Waals surface area contributed by atoms with E-state index < -0.39 is 6.10 Å². The second-order valence-corrected chi connectivity index (χ2v) is 6.70. The number of benzene rings is 1. The molecule has 0 aliphatic carbocycles. The Hall–Kier alpha value is -2.74. The third-order valence-corrected chi connectivity index (χ3v) is 4.86. The molecule has 142 valence electrons. The molecule has 2 aliphatic heterocycles. The Morgan fingerprint density at radius 1 is 1.15 bits per heavy atom. The summed E-state index contributed by atoms with van der Waals surface area (Å²) < 4.78 is 19.4. The van der Waals surface area contributed by atoms with Crippen LogP contribution in [0.5, 0.6) is 0 Å². The number of nitrogens with zero attached hydrogens (tertiary/aromatic N) is 4. The van der Waals surface area contributed by atoms with Crippen LogP contribution in [0.2, 0.25) is 0 Å². The molecule has 1 amide bonds. The van der Waals surface area contributed by atoms with Crippen LogP contribution in [-0.2, 0) is 9.53 Å². The summed E-state index contributed by atoms with van der Waals surface area (Å²) in [5.41, 5.74) is 1.33. The summed E-state index contributed by atoms with van der Waals surface area (Å²) in [6, 6.07) is 6.27. The summed E-state index contributed by atoms with van der Waals surface area (Å²) >= 11 is 0. The molecule has 0 bridgehead atoms. The zero-order valence-electron chi connectivity index (χ0n) is 15.0. The van der Waals surface area contributed by atoms with E-state index in [4.69, 9.17) is 4.74 Å². The number of hydrogen-bond donors (Lipinski definition) is 1. The van der Waals surface area contributed by atoms with Gasteiger partial charge in [0, 0.05) is 32.0 Å². The molecule has 1 aromatic carbocycles. The lowest BCUT2D eigenvalue weighted by molar-refractivity contribution is -0.128. The number of anilines is 3. The molecule has 2 aromatic rings. The van der Waals surface area contributed by atoms with E-state index in [9.17, 15) is 9.18 Å². The van der Waals surface area contributed by atoms with Crippen LogP contribution in [0.3, 0.4) is 0 Å². The van der Waals surface area contributed by atoms with Gasteiger partial charge in [-0.3, -0.25) is 4.79 Å². The van der Waals surface area contributed by atoms with Gasteiger partial charge in [-0.1, -0.05) is 0 Å². The molecule has 2 aliphatic rings. The summed E-state index contributed by atoms with van der Waals surface area (Å²) in [5, 5.41) is 2.86. The topological polar surface area (TPSA) is 70.6 Å². The van der Waals surface area contributed by atoms with E-state index in [0.717, 1.165) is 31.6 Å². The highest BCUT2D eigenvalue weighted by atomic mass is 19.1. The minimum absolute atomic E-state index is 0.290. The van der Waals surface area contributed by atoms with Crippen molar-refractivity contribution < 1.29 is 13.9 Å². The van der Waals surface area contributed by atoms with Gasteiger partial charge in [0.15, 0.2) is 6.10 Å². The van der Waals surface area contributed by atoms with E-state index in [1.54, 1.807) is 24.5 Å². The van der Waals surface area contributed by atoms with Gasteiger partial charge in [-0.15, -0.1) is 0 Å². The van der Waals surface area contributed by atoms with Gasteiger partial charge in [-0.2, -0.15) is 0 Å². The lowest BCUT2D eigenvalue weighted by Gasteiger charge is -2.32. The predicted octanol–water partition coefficient (Wildman–Crippen LogP) is 2.06. The third kappa shape index (κ3) is 4.00. The molecule has 3 heterocycles. The number of amides is 1. The van der Waals surface area contributed by atoms with Crippen LogP contribution in [0.25, 0.3) is 0 Å². The average Bonchev–Trinajstić information content (AvgIpc) is 3.23. The van der Waals surface area contributed by atoms with Crippen LogP contribution in [0, 0.1) is 5.82 Å². The highest BCUT2D eigenvalue weighted by Gasteiger charge is 2.29. The maximum absolute atomic E-state index is 13.8. The van der Waals surface area contributed by atoms with Crippen molar-refractivity contribution in [3.63, 3.8) is 0 Å². The molecule has 7 nitrogen and oxygen atoms in total. The van der Waals surface area contributed by atoms with E-state index in [2.05, 4.69) is 20.2 Å². The molecule has 0 radical (unpaired) electrons. The van der Waals surface area contributed by atoms with Crippen LogP contribution in [0.4, 0.5) is 21.7 Å². The first-order valence-electron chi connectivity index (χ1n) is 9.19. The first kappa shape index (κ1) is 17.7. The molecule has 1 N–H and O–H groups in total. The minimum Gasteiger partial charge on any atom is -0.370 e. The Kier molecular flexibility index (Phi) is 5.15. The van der Waals surface area contributed by atoms with E-state index in [0.29, 0.717) is 31.3 Å². The average molecular weight is 371 g/mol. The van der Waals surface area contributed by atoms with Gasteiger partial charge < -0.3 is 19.9 Å². The van der Waals surface area contributed by atoms with E-state index >= 15 is 0 Å². The molecular formula is C19H22FN5O2. The van der Waals surface area contributed by atoms with Gasteiger partial charge in [-0.05, 0) is 37.1 Å². The van der Waals surface area contributed by atoms with Crippen molar-refractivity contribution in [1.82, 2.24) is 9.97 Å². The summed E-state index contributed by atoms with van der Waals surface area (Å²) in [6.45, 7) is 3.19.